The fourth-order valence-corrected chi connectivity index (χ4v) is 9.34. The van der Waals surface area contributed by atoms with E-state index >= 15 is 0 Å². The van der Waals surface area contributed by atoms with Crippen LogP contribution in [-0.4, -0.2) is 76.6 Å². The van der Waals surface area contributed by atoms with Crippen molar-refractivity contribution in [3.8, 4) is 22.4 Å². The summed E-state index contributed by atoms with van der Waals surface area (Å²) < 4.78 is 42.8. The highest BCUT2D eigenvalue weighted by atomic mass is 35.5. The molecule has 2 aliphatic heterocycles. The van der Waals surface area contributed by atoms with Crippen LogP contribution < -0.4 is 16.0 Å². The van der Waals surface area contributed by atoms with Crippen molar-refractivity contribution in [2.24, 2.45) is 0 Å². The Hall–Kier alpha value is -4.75. The van der Waals surface area contributed by atoms with Gasteiger partial charge < -0.3 is 15.2 Å². The number of aryl methyl sites for hydroxylation is 2. The minimum Gasteiger partial charge on any atom is -0.354 e. The van der Waals surface area contributed by atoms with Crippen LogP contribution in [0.5, 0.6) is 0 Å². The first kappa shape index (κ1) is 43.9. The van der Waals surface area contributed by atoms with Crippen molar-refractivity contribution in [1.29, 1.82) is 0 Å². The highest BCUT2D eigenvalue weighted by Gasteiger charge is 2.39. The quantitative estimate of drug-likeness (QED) is 0.0947. The van der Waals surface area contributed by atoms with E-state index in [0.29, 0.717) is 55.5 Å². The summed E-state index contributed by atoms with van der Waals surface area (Å²) in [4.78, 5) is 23.6. The topological polar surface area (TPSA) is 77.5 Å². The fraction of sp³-hybridized carbons (Fsp3) is 0.347. The number of rotatable bonds is 14. The average molecular weight is 883 g/mol. The lowest BCUT2D eigenvalue weighted by Crippen LogP contribution is -2.61. The number of nitrogens with one attached hydrogen (secondary N) is 3. The SMILES string of the molecule is Cc1cccc(-c2ncccc2CNC2(C(=O)NCCCn3cc(-c4ccc(C(F)(F)F)cc4)c4cc(CN5CCN(Cc6c(Cl)cccc6Cl)CC5)ccc43)CCNCC2)c1. The first-order chi connectivity index (χ1) is 30.0. The first-order valence-electron chi connectivity index (χ1n) is 21.4. The number of benzene rings is 4. The van der Waals surface area contributed by atoms with E-state index < -0.39 is 17.3 Å². The zero-order valence-corrected chi connectivity index (χ0v) is 36.4. The van der Waals surface area contributed by atoms with Gasteiger partial charge in [-0.3, -0.25) is 24.9 Å². The first-order valence-corrected chi connectivity index (χ1v) is 22.1. The molecule has 4 heterocycles. The molecule has 3 N–H and O–H groups in total. The molecule has 0 aliphatic carbocycles. The van der Waals surface area contributed by atoms with Crippen molar-refractivity contribution in [2.45, 2.75) is 64.1 Å². The van der Waals surface area contributed by atoms with Crippen LogP contribution >= 0.6 is 23.2 Å². The number of halogens is 5. The highest BCUT2D eigenvalue weighted by Crippen LogP contribution is 2.36. The number of fused-ring (bicyclic) bond motifs is 1. The fourth-order valence-electron chi connectivity index (χ4n) is 8.82. The summed E-state index contributed by atoms with van der Waals surface area (Å²) in [5, 5.41) is 12.7. The predicted octanol–water partition coefficient (Wildman–Crippen LogP) is 9.74. The molecule has 1 amide bonds. The van der Waals surface area contributed by atoms with Crippen molar-refractivity contribution in [3.05, 3.63) is 147 Å². The molecule has 0 spiro atoms. The molecule has 62 heavy (non-hydrogen) atoms. The average Bonchev–Trinajstić information content (AvgIpc) is 3.64. The van der Waals surface area contributed by atoms with Gasteiger partial charge >= 0.3 is 6.18 Å². The molecule has 2 saturated heterocycles. The second-order valence-electron chi connectivity index (χ2n) is 16.6. The molecule has 8 nitrogen and oxygen atoms in total. The number of piperazine rings is 1. The molecule has 6 aromatic rings. The summed E-state index contributed by atoms with van der Waals surface area (Å²) in [5.74, 6) is -0.0130. The van der Waals surface area contributed by atoms with Crippen molar-refractivity contribution in [3.63, 3.8) is 0 Å². The maximum absolute atomic E-state index is 14.1. The lowest BCUT2D eigenvalue weighted by atomic mass is 9.86. The van der Waals surface area contributed by atoms with Gasteiger partial charge in [0.15, 0.2) is 0 Å². The third-order valence-corrected chi connectivity index (χ3v) is 13.0. The van der Waals surface area contributed by atoms with Crippen LogP contribution in [0.25, 0.3) is 33.3 Å². The molecule has 0 radical (unpaired) electrons. The minimum absolute atomic E-state index is 0.0130. The number of alkyl halides is 3. The lowest BCUT2D eigenvalue weighted by molar-refractivity contribution is -0.137. The summed E-state index contributed by atoms with van der Waals surface area (Å²) in [7, 11) is 0. The van der Waals surface area contributed by atoms with Gasteiger partial charge in [-0.2, -0.15) is 13.2 Å². The van der Waals surface area contributed by atoms with E-state index in [2.05, 4.69) is 79.7 Å². The lowest BCUT2D eigenvalue weighted by Gasteiger charge is -2.37. The van der Waals surface area contributed by atoms with Crippen LogP contribution in [0.4, 0.5) is 13.2 Å². The molecule has 0 atom stereocenters. The maximum Gasteiger partial charge on any atom is 0.416 e. The van der Waals surface area contributed by atoms with Crippen molar-refractivity contribution in [1.82, 2.24) is 35.3 Å². The normalized spacial score (nSPS) is 16.2. The van der Waals surface area contributed by atoms with Crippen LogP contribution in [0.3, 0.4) is 0 Å². The van der Waals surface area contributed by atoms with E-state index in [1.807, 2.05) is 36.5 Å². The predicted molar refractivity (Wildman–Crippen MR) is 243 cm³/mol. The van der Waals surface area contributed by atoms with Gasteiger partial charge in [0.25, 0.3) is 0 Å². The number of carbonyl (C=O) groups is 1. The Morgan fingerprint density at radius 1 is 0.839 bits per heavy atom. The molecule has 0 unspecified atom stereocenters. The minimum atomic E-state index is -4.42. The summed E-state index contributed by atoms with van der Waals surface area (Å²) >= 11 is 12.9. The number of carbonyl (C=O) groups excluding carboxylic acids is 1. The number of nitrogens with zero attached hydrogens (tertiary/aromatic N) is 4. The smallest absolute Gasteiger partial charge is 0.354 e. The van der Waals surface area contributed by atoms with Crippen LogP contribution in [-0.2, 0) is 37.1 Å². The van der Waals surface area contributed by atoms with Crippen molar-refractivity contribution >= 4 is 40.0 Å². The summed E-state index contributed by atoms with van der Waals surface area (Å²) in [6, 6.07) is 29.7. The van der Waals surface area contributed by atoms with Gasteiger partial charge in [0.1, 0.15) is 5.54 Å². The third kappa shape index (κ3) is 10.2. The maximum atomic E-state index is 14.1. The molecule has 13 heteroatoms. The van der Waals surface area contributed by atoms with Gasteiger partial charge in [-0.25, -0.2) is 0 Å². The number of pyridine rings is 1. The van der Waals surface area contributed by atoms with E-state index in [1.54, 1.807) is 18.3 Å². The largest absolute Gasteiger partial charge is 0.416 e. The third-order valence-electron chi connectivity index (χ3n) is 12.3. The number of amides is 1. The number of hydrogen-bond donors (Lipinski definition) is 3. The summed E-state index contributed by atoms with van der Waals surface area (Å²) in [6.07, 6.45) is 1.41. The van der Waals surface area contributed by atoms with Crippen LogP contribution in [0.1, 0.15) is 47.1 Å². The molecule has 2 aliphatic rings. The van der Waals surface area contributed by atoms with E-state index in [1.165, 1.54) is 0 Å². The zero-order valence-electron chi connectivity index (χ0n) is 34.9. The van der Waals surface area contributed by atoms with Gasteiger partial charge in [-0.1, -0.05) is 77.3 Å². The second kappa shape index (κ2) is 19.3. The summed E-state index contributed by atoms with van der Waals surface area (Å²) in [5.41, 5.74) is 7.42. The Morgan fingerprint density at radius 2 is 1.55 bits per heavy atom. The zero-order chi connectivity index (χ0) is 43.3. The molecular formula is C49H52Cl2F3N7O. The Labute approximate surface area is 371 Å². The van der Waals surface area contributed by atoms with Crippen molar-refractivity contribution in [2.75, 3.05) is 45.8 Å². The summed E-state index contributed by atoms with van der Waals surface area (Å²) in [6.45, 7) is 10.1. The van der Waals surface area contributed by atoms with E-state index in [9.17, 15) is 18.0 Å². The Balaban J connectivity index is 0.943. The molecule has 2 fully saturated rings. The highest BCUT2D eigenvalue weighted by molar-refractivity contribution is 6.36. The molecule has 0 bridgehead atoms. The van der Waals surface area contributed by atoms with Crippen LogP contribution in [0, 0.1) is 6.92 Å². The molecule has 0 saturated carbocycles. The molecule has 2 aromatic heterocycles. The van der Waals surface area contributed by atoms with Gasteiger partial charge in [-0.05, 0) is 104 Å². The number of hydrogen-bond acceptors (Lipinski definition) is 6. The van der Waals surface area contributed by atoms with E-state index in [-0.39, 0.29) is 5.91 Å². The van der Waals surface area contributed by atoms with Gasteiger partial charge in [0.2, 0.25) is 5.91 Å². The standard InChI is InChI=1S/C49H52Cl2F3N7O/c1-34-6-2-7-37(28-34)46-38(8-4-19-56-46)30-58-48(17-21-55-22-18-48)47(62)57-20-5-23-61-33-41(36-12-14-39(15-13-36)49(52,53)54)40-29-35(11-16-45(40)61)31-59-24-26-60(27-25-59)32-42-43(50)9-3-10-44(42)51/h2-4,6-16,19,28-29,33,55,58H,5,17-18,20-27,30-32H2,1H3,(H,57,62). The van der Waals surface area contributed by atoms with Gasteiger partial charge in [0, 0.05) is 109 Å². The Kier molecular flexibility index (Phi) is 13.7. The van der Waals surface area contributed by atoms with E-state index in [4.69, 9.17) is 28.2 Å². The van der Waals surface area contributed by atoms with E-state index in [0.717, 1.165) is 113 Å². The van der Waals surface area contributed by atoms with Crippen LogP contribution in [0.2, 0.25) is 10.0 Å². The molecule has 4 aromatic carbocycles. The second-order valence-corrected chi connectivity index (χ2v) is 17.4. The molecular weight excluding hydrogens is 830 g/mol. The molecule has 8 rings (SSSR count). The van der Waals surface area contributed by atoms with Gasteiger partial charge in [0.05, 0.1) is 11.3 Å². The molecule has 324 valence electrons. The Morgan fingerprint density at radius 3 is 2.26 bits per heavy atom. The van der Waals surface area contributed by atoms with Crippen LogP contribution in [0.15, 0.2) is 109 Å². The van der Waals surface area contributed by atoms with Gasteiger partial charge in [-0.15, -0.1) is 0 Å². The van der Waals surface area contributed by atoms with Crippen molar-refractivity contribution < 1.29 is 18.0 Å². The monoisotopic (exact) mass is 881 g/mol. The number of piperidine rings is 1. The number of aromatic nitrogens is 2. The Bertz CT molecular complexity index is 2470.